The third kappa shape index (κ3) is 2.29. The highest BCUT2D eigenvalue weighted by Crippen LogP contribution is 2.58. The van der Waals surface area contributed by atoms with Gasteiger partial charge in [0.25, 0.3) is 0 Å². The van der Waals surface area contributed by atoms with E-state index in [0.29, 0.717) is 23.7 Å². The van der Waals surface area contributed by atoms with Crippen LogP contribution in [0, 0.1) is 17.8 Å². The molecule has 3 aliphatic rings. The molecule has 0 N–H and O–H groups in total. The van der Waals surface area contributed by atoms with Gasteiger partial charge in [0.2, 0.25) is 5.91 Å². The molecule has 3 heteroatoms. The summed E-state index contributed by atoms with van der Waals surface area (Å²) in [5, 5.41) is 0. The van der Waals surface area contributed by atoms with E-state index in [1.165, 1.54) is 51.4 Å². The van der Waals surface area contributed by atoms with Crippen LogP contribution in [0.5, 0.6) is 0 Å². The Hall–Kier alpha value is -0.240. The first-order valence-corrected chi connectivity index (χ1v) is 8.23. The number of hydrogen-bond donors (Lipinski definition) is 0. The maximum atomic E-state index is 12.7. The van der Waals surface area contributed by atoms with Crippen LogP contribution in [0.3, 0.4) is 0 Å². The highest BCUT2D eigenvalue weighted by atomic mass is 35.5. The second kappa shape index (κ2) is 5.40. The lowest BCUT2D eigenvalue weighted by Gasteiger charge is -2.34. The fraction of sp³-hybridized carbons (Fsp3) is 0.933. The summed E-state index contributed by atoms with van der Waals surface area (Å²) in [6.07, 6.45) is 10.2. The summed E-state index contributed by atoms with van der Waals surface area (Å²) >= 11 is 5.91. The van der Waals surface area contributed by atoms with Crippen LogP contribution >= 0.6 is 11.6 Å². The minimum Gasteiger partial charge on any atom is -0.338 e. The molecule has 0 bridgehead atoms. The van der Waals surface area contributed by atoms with Gasteiger partial charge in [-0.05, 0) is 37.5 Å². The molecule has 0 heterocycles. The van der Waals surface area contributed by atoms with Gasteiger partial charge in [0.1, 0.15) is 0 Å². The molecule has 0 aromatic rings. The number of nitrogens with zero attached hydrogens (tertiary/aromatic N) is 1. The van der Waals surface area contributed by atoms with E-state index in [1.54, 1.807) is 0 Å². The van der Waals surface area contributed by atoms with Crippen LogP contribution in [-0.4, -0.2) is 29.3 Å². The fourth-order valence-electron chi connectivity index (χ4n) is 4.34. The van der Waals surface area contributed by atoms with Gasteiger partial charge < -0.3 is 4.90 Å². The van der Waals surface area contributed by atoms with Crippen LogP contribution in [-0.2, 0) is 4.79 Å². The Bertz CT molecular complexity index is 304. The Morgan fingerprint density at radius 1 is 1.00 bits per heavy atom. The molecule has 0 spiro atoms. The number of carbonyl (C=O) groups is 1. The number of alkyl halides is 1. The van der Waals surface area contributed by atoms with Crippen molar-refractivity contribution in [2.24, 2.45) is 17.8 Å². The van der Waals surface area contributed by atoms with E-state index in [2.05, 4.69) is 4.90 Å². The Morgan fingerprint density at radius 2 is 1.67 bits per heavy atom. The summed E-state index contributed by atoms with van der Waals surface area (Å²) in [7, 11) is 0. The molecule has 0 aromatic carbocycles. The van der Waals surface area contributed by atoms with Gasteiger partial charge in [-0.2, -0.15) is 0 Å². The second-order valence-corrected chi connectivity index (χ2v) is 6.67. The number of rotatable bonds is 4. The fourth-order valence-corrected chi connectivity index (χ4v) is 4.52. The van der Waals surface area contributed by atoms with Crippen molar-refractivity contribution in [3.8, 4) is 0 Å². The van der Waals surface area contributed by atoms with E-state index in [4.69, 9.17) is 11.6 Å². The SMILES string of the molecule is O=C(C1C2CCCC21)N(CCCl)C1CCCCC1. The van der Waals surface area contributed by atoms with E-state index in [-0.39, 0.29) is 0 Å². The van der Waals surface area contributed by atoms with Crippen molar-refractivity contribution < 1.29 is 4.79 Å². The van der Waals surface area contributed by atoms with Gasteiger partial charge in [0.05, 0.1) is 0 Å². The predicted octanol–water partition coefficient (Wildman–Crippen LogP) is 3.43. The van der Waals surface area contributed by atoms with Gasteiger partial charge in [0, 0.05) is 24.4 Å². The van der Waals surface area contributed by atoms with Gasteiger partial charge in [0.15, 0.2) is 0 Å². The molecule has 3 rings (SSSR count). The van der Waals surface area contributed by atoms with Crippen molar-refractivity contribution in [1.29, 1.82) is 0 Å². The maximum absolute atomic E-state index is 12.7. The van der Waals surface area contributed by atoms with E-state index < -0.39 is 0 Å². The zero-order valence-electron chi connectivity index (χ0n) is 11.1. The lowest BCUT2D eigenvalue weighted by atomic mass is 9.93. The molecule has 102 valence electrons. The molecule has 0 aromatic heterocycles. The number of fused-ring (bicyclic) bond motifs is 1. The van der Waals surface area contributed by atoms with Gasteiger partial charge in [-0.25, -0.2) is 0 Å². The Balaban J connectivity index is 1.63. The second-order valence-electron chi connectivity index (χ2n) is 6.30. The molecule has 3 saturated carbocycles. The van der Waals surface area contributed by atoms with E-state index in [0.717, 1.165) is 18.4 Å². The summed E-state index contributed by atoms with van der Waals surface area (Å²) in [5.74, 6) is 2.88. The lowest BCUT2D eigenvalue weighted by molar-refractivity contribution is -0.136. The highest BCUT2D eigenvalue weighted by Gasteiger charge is 2.57. The van der Waals surface area contributed by atoms with Crippen LogP contribution < -0.4 is 0 Å². The Kier molecular flexibility index (Phi) is 3.83. The third-order valence-corrected chi connectivity index (χ3v) is 5.48. The normalized spacial score (nSPS) is 35.3. The van der Waals surface area contributed by atoms with Gasteiger partial charge in [-0.15, -0.1) is 11.6 Å². The molecule has 3 aliphatic carbocycles. The first kappa shape index (κ1) is 12.8. The molecular weight excluding hydrogens is 246 g/mol. The first-order chi connectivity index (χ1) is 8.83. The number of amides is 1. The van der Waals surface area contributed by atoms with Gasteiger partial charge >= 0.3 is 0 Å². The average Bonchev–Trinajstić information content (AvgIpc) is 2.89. The molecule has 2 atom stereocenters. The molecular formula is C15H24ClNO. The van der Waals surface area contributed by atoms with Crippen molar-refractivity contribution in [2.45, 2.75) is 57.4 Å². The number of halogens is 1. The van der Waals surface area contributed by atoms with Crippen LogP contribution in [0.25, 0.3) is 0 Å². The molecule has 18 heavy (non-hydrogen) atoms. The van der Waals surface area contributed by atoms with E-state index in [1.807, 2.05) is 0 Å². The largest absolute Gasteiger partial charge is 0.338 e. The van der Waals surface area contributed by atoms with Crippen LogP contribution in [0.15, 0.2) is 0 Å². The summed E-state index contributed by atoms with van der Waals surface area (Å²) in [6.45, 7) is 0.765. The molecule has 2 unspecified atom stereocenters. The molecule has 0 saturated heterocycles. The van der Waals surface area contributed by atoms with Crippen molar-refractivity contribution in [3.05, 3.63) is 0 Å². The van der Waals surface area contributed by atoms with E-state index >= 15 is 0 Å². The average molecular weight is 270 g/mol. The molecule has 0 aliphatic heterocycles. The van der Waals surface area contributed by atoms with Gasteiger partial charge in [-0.3, -0.25) is 4.79 Å². The molecule has 0 radical (unpaired) electrons. The zero-order valence-corrected chi connectivity index (χ0v) is 11.9. The molecule has 2 nitrogen and oxygen atoms in total. The van der Waals surface area contributed by atoms with Crippen molar-refractivity contribution >= 4 is 17.5 Å². The zero-order chi connectivity index (χ0) is 12.5. The standard InChI is InChI=1S/C15H24ClNO/c16-9-10-17(11-5-2-1-3-6-11)15(18)14-12-7-4-8-13(12)14/h11-14H,1-10H2. The lowest BCUT2D eigenvalue weighted by Crippen LogP contribution is -2.44. The minimum absolute atomic E-state index is 0.379. The number of hydrogen-bond acceptors (Lipinski definition) is 1. The van der Waals surface area contributed by atoms with Crippen molar-refractivity contribution in [1.82, 2.24) is 4.90 Å². The van der Waals surface area contributed by atoms with Crippen LogP contribution in [0.2, 0.25) is 0 Å². The molecule has 1 amide bonds. The van der Waals surface area contributed by atoms with Gasteiger partial charge in [-0.1, -0.05) is 25.7 Å². The van der Waals surface area contributed by atoms with Crippen LogP contribution in [0.1, 0.15) is 51.4 Å². The quantitative estimate of drug-likeness (QED) is 0.716. The summed E-state index contributed by atoms with van der Waals surface area (Å²) in [4.78, 5) is 14.8. The monoisotopic (exact) mass is 269 g/mol. The summed E-state index contributed by atoms with van der Waals surface area (Å²) in [6, 6.07) is 0.492. The highest BCUT2D eigenvalue weighted by molar-refractivity contribution is 6.18. The molecule has 3 fully saturated rings. The first-order valence-electron chi connectivity index (χ1n) is 7.69. The predicted molar refractivity (Wildman–Crippen MR) is 73.6 cm³/mol. The van der Waals surface area contributed by atoms with Crippen LogP contribution in [0.4, 0.5) is 0 Å². The Labute approximate surface area is 115 Å². The smallest absolute Gasteiger partial charge is 0.226 e. The number of carbonyl (C=O) groups excluding carboxylic acids is 1. The topological polar surface area (TPSA) is 20.3 Å². The maximum Gasteiger partial charge on any atom is 0.226 e. The minimum atomic E-state index is 0.379. The van der Waals surface area contributed by atoms with E-state index in [9.17, 15) is 4.79 Å². The summed E-state index contributed by atoms with van der Waals surface area (Å²) in [5.41, 5.74) is 0. The van der Waals surface area contributed by atoms with Crippen molar-refractivity contribution in [2.75, 3.05) is 12.4 Å². The van der Waals surface area contributed by atoms with Crippen molar-refractivity contribution in [3.63, 3.8) is 0 Å². The summed E-state index contributed by atoms with van der Waals surface area (Å²) < 4.78 is 0. The third-order valence-electron chi connectivity index (χ3n) is 5.32. The Morgan fingerprint density at radius 3 is 2.28 bits per heavy atom.